The molecule has 3 saturated heterocycles. The van der Waals surface area contributed by atoms with Crippen LogP contribution in [0, 0.1) is 0 Å². The molecule has 6 heteroatoms. The zero-order chi connectivity index (χ0) is 16.4. The lowest BCUT2D eigenvalue weighted by atomic mass is 9.92. The van der Waals surface area contributed by atoms with E-state index in [1.54, 1.807) is 6.92 Å². The molecule has 0 aliphatic carbocycles. The summed E-state index contributed by atoms with van der Waals surface area (Å²) < 4.78 is 6.05. The highest BCUT2D eigenvalue weighted by Gasteiger charge is 2.47. The Morgan fingerprint density at radius 3 is 2.61 bits per heavy atom. The Labute approximate surface area is 138 Å². The molecule has 3 heterocycles. The van der Waals surface area contributed by atoms with E-state index in [4.69, 9.17) is 4.74 Å². The lowest BCUT2D eigenvalue weighted by Crippen LogP contribution is -2.62. The Hall–Kier alpha value is -1.14. The molecular weight excluding hydrogens is 294 g/mol. The van der Waals surface area contributed by atoms with Crippen molar-refractivity contribution in [2.45, 2.75) is 50.7 Å². The molecule has 0 radical (unpaired) electrons. The number of piperidine rings is 1. The van der Waals surface area contributed by atoms with E-state index in [2.05, 4.69) is 4.90 Å². The normalized spacial score (nSPS) is 31.5. The summed E-state index contributed by atoms with van der Waals surface area (Å²) in [7, 11) is 1.89. The summed E-state index contributed by atoms with van der Waals surface area (Å²) in [5.74, 6) is 0.323. The highest BCUT2D eigenvalue weighted by molar-refractivity contribution is 5.85. The molecule has 0 saturated carbocycles. The van der Waals surface area contributed by atoms with Crippen LogP contribution in [-0.4, -0.2) is 84.5 Å². The Balaban J connectivity index is 1.66. The first-order valence-corrected chi connectivity index (χ1v) is 8.91. The van der Waals surface area contributed by atoms with Crippen LogP contribution in [0.3, 0.4) is 0 Å². The van der Waals surface area contributed by atoms with Gasteiger partial charge in [0.1, 0.15) is 0 Å². The maximum Gasteiger partial charge on any atom is 0.255 e. The third kappa shape index (κ3) is 3.38. The van der Waals surface area contributed by atoms with Crippen molar-refractivity contribution in [1.82, 2.24) is 14.7 Å². The summed E-state index contributed by atoms with van der Waals surface area (Å²) >= 11 is 0. The van der Waals surface area contributed by atoms with Gasteiger partial charge in [0.05, 0.1) is 6.61 Å². The van der Waals surface area contributed by atoms with E-state index in [0.29, 0.717) is 19.2 Å². The van der Waals surface area contributed by atoms with Gasteiger partial charge in [-0.25, -0.2) is 0 Å². The van der Waals surface area contributed by atoms with Gasteiger partial charge in [-0.15, -0.1) is 0 Å². The maximum absolute atomic E-state index is 12.8. The molecule has 0 aromatic rings. The number of carbonyl (C=O) groups is 2. The van der Waals surface area contributed by atoms with Gasteiger partial charge >= 0.3 is 0 Å². The molecule has 3 fully saturated rings. The van der Waals surface area contributed by atoms with Crippen LogP contribution < -0.4 is 0 Å². The molecule has 0 aromatic heterocycles. The molecule has 3 aliphatic rings. The average molecular weight is 323 g/mol. The molecule has 1 spiro atoms. The van der Waals surface area contributed by atoms with Crippen molar-refractivity contribution >= 4 is 11.8 Å². The monoisotopic (exact) mass is 323 g/mol. The lowest BCUT2D eigenvalue weighted by Gasteiger charge is -2.46. The Morgan fingerprint density at radius 2 is 1.91 bits per heavy atom. The standard InChI is InChI=1S/C17H29N3O3/c1-14(21)19-9-5-15(6-10-19)20-11-12-23-17(13-20)7-3-4-8-18(2)16(17)22/h15H,3-13H2,1-2H3. The zero-order valence-electron chi connectivity index (χ0n) is 14.4. The molecule has 1 atom stereocenters. The number of likely N-dealkylation sites (tertiary alicyclic amines) is 2. The molecule has 2 amide bonds. The molecule has 0 aromatic carbocycles. The fourth-order valence-electron chi connectivity index (χ4n) is 4.27. The molecule has 0 bridgehead atoms. The summed E-state index contributed by atoms with van der Waals surface area (Å²) in [6, 6.07) is 0.465. The van der Waals surface area contributed by atoms with Crippen LogP contribution in [0.15, 0.2) is 0 Å². The van der Waals surface area contributed by atoms with Crippen LogP contribution >= 0.6 is 0 Å². The van der Waals surface area contributed by atoms with E-state index < -0.39 is 5.60 Å². The predicted molar refractivity (Wildman–Crippen MR) is 87.0 cm³/mol. The summed E-state index contributed by atoms with van der Waals surface area (Å²) in [5.41, 5.74) is -0.638. The van der Waals surface area contributed by atoms with Gasteiger partial charge in [-0.1, -0.05) is 0 Å². The van der Waals surface area contributed by atoms with Crippen molar-refractivity contribution in [3.8, 4) is 0 Å². The second-order valence-corrected chi connectivity index (χ2v) is 7.23. The second-order valence-electron chi connectivity index (χ2n) is 7.23. The first kappa shape index (κ1) is 16.7. The van der Waals surface area contributed by atoms with Crippen molar-refractivity contribution in [1.29, 1.82) is 0 Å². The minimum absolute atomic E-state index is 0.154. The maximum atomic E-state index is 12.8. The summed E-state index contributed by atoms with van der Waals surface area (Å²) in [5, 5.41) is 0. The van der Waals surface area contributed by atoms with Crippen LogP contribution in [0.1, 0.15) is 39.0 Å². The number of hydrogen-bond acceptors (Lipinski definition) is 4. The van der Waals surface area contributed by atoms with Crippen LogP contribution in [0.2, 0.25) is 0 Å². The van der Waals surface area contributed by atoms with E-state index in [1.807, 2.05) is 16.8 Å². The van der Waals surface area contributed by atoms with Gasteiger partial charge in [0.25, 0.3) is 5.91 Å². The number of rotatable bonds is 1. The summed E-state index contributed by atoms with van der Waals surface area (Å²) in [6.07, 6.45) is 4.94. The average Bonchev–Trinajstić information content (AvgIpc) is 2.69. The van der Waals surface area contributed by atoms with Gasteiger partial charge in [0.15, 0.2) is 5.60 Å². The smallest absolute Gasteiger partial charge is 0.255 e. The molecule has 6 nitrogen and oxygen atoms in total. The SMILES string of the molecule is CC(=O)N1CCC(N2CCOC3(CCCCN(C)C3=O)C2)CC1. The quantitative estimate of drug-likeness (QED) is 0.713. The highest BCUT2D eigenvalue weighted by atomic mass is 16.5. The van der Waals surface area contributed by atoms with Crippen LogP contribution in [0.5, 0.6) is 0 Å². The van der Waals surface area contributed by atoms with Crippen LogP contribution in [0.25, 0.3) is 0 Å². The number of hydrogen-bond donors (Lipinski definition) is 0. The molecule has 23 heavy (non-hydrogen) atoms. The minimum atomic E-state index is -0.638. The van der Waals surface area contributed by atoms with E-state index >= 15 is 0 Å². The molecule has 3 rings (SSSR count). The fraction of sp³-hybridized carbons (Fsp3) is 0.882. The second kappa shape index (κ2) is 6.77. The van der Waals surface area contributed by atoms with Crippen molar-refractivity contribution in [2.75, 3.05) is 46.4 Å². The Bertz CT molecular complexity index is 462. The third-order valence-corrected chi connectivity index (χ3v) is 5.70. The molecule has 1 unspecified atom stereocenters. The van der Waals surface area contributed by atoms with Crippen LogP contribution in [0.4, 0.5) is 0 Å². The van der Waals surface area contributed by atoms with Crippen molar-refractivity contribution in [3.63, 3.8) is 0 Å². The van der Waals surface area contributed by atoms with Gasteiger partial charge in [-0.2, -0.15) is 0 Å². The highest BCUT2D eigenvalue weighted by Crippen LogP contribution is 2.31. The molecular formula is C17H29N3O3. The van der Waals surface area contributed by atoms with Crippen LogP contribution in [-0.2, 0) is 14.3 Å². The summed E-state index contributed by atoms with van der Waals surface area (Å²) in [6.45, 7) is 6.37. The van der Waals surface area contributed by atoms with E-state index in [9.17, 15) is 9.59 Å². The first-order chi connectivity index (χ1) is 11.0. The Kier molecular flexibility index (Phi) is 4.92. The van der Waals surface area contributed by atoms with Gasteiger partial charge in [-0.05, 0) is 32.1 Å². The predicted octanol–water partition coefficient (Wildman–Crippen LogP) is 0.711. The minimum Gasteiger partial charge on any atom is -0.362 e. The summed E-state index contributed by atoms with van der Waals surface area (Å²) in [4.78, 5) is 30.5. The van der Waals surface area contributed by atoms with Crippen molar-refractivity contribution in [3.05, 3.63) is 0 Å². The van der Waals surface area contributed by atoms with Gasteiger partial charge in [0, 0.05) is 52.7 Å². The number of likely N-dealkylation sites (N-methyl/N-ethyl adjacent to an activating group) is 1. The zero-order valence-corrected chi connectivity index (χ0v) is 14.4. The van der Waals surface area contributed by atoms with Gasteiger partial charge < -0.3 is 14.5 Å². The third-order valence-electron chi connectivity index (χ3n) is 5.70. The van der Waals surface area contributed by atoms with E-state index in [0.717, 1.165) is 58.3 Å². The number of morpholine rings is 1. The number of carbonyl (C=O) groups excluding carboxylic acids is 2. The first-order valence-electron chi connectivity index (χ1n) is 8.91. The van der Waals surface area contributed by atoms with E-state index in [-0.39, 0.29) is 11.8 Å². The van der Waals surface area contributed by atoms with Crippen molar-refractivity contribution in [2.24, 2.45) is 0 Å². The molecule has 0 N–H and O–H groups in total. The molecule has 130 valence electrons. The topological polar surface area (TPSA) is 53.1 Å². The van der Waals surface area contributed by atoms with Gasteiger partial charge in [0.2, 0.25) is 5.91 Å². The van der Waals surface area contributed by atoms with Crippen molar-refractivity contribution < 1.29 is 14.3 Å². The van der Waals surface area contributed by atoms with Gasteiger partial charge in [-0.3, -0.25) is 14.5 Å². The van der Waals surface area contributed by atoms with E-state index in [1.165, 1.54) is 0 Å². The number of ether oxygens (including phenoxy) is 1. The number of nitrogens with zero attached hydrogens (tertiary/aromatic N) is 3. The lowest BCUT2D eigenvalue weighted by molar-refractivity contribution is -0.172. The molecule has 3 aliphatic heterocycles. The fourth-order valence-corrected chi connectivity index (χ4v) is 4.27. The largest absolute Gasteiger partial charge is 0.362 e. The number of amides is 2. The Morgan fingerprint density at radius 1 is 1.17 bits per heavy atom.